The number of ether oxygens (including phenoxy) is 2. The molecule has 0 heterocycles. The lowest BCUT2D eigenvalue weighted by atomic mass is 10.1. The molecule has 0 amide bonds. The van der Waals surface area contributed by atoms with Gasteiger partial charge in [-0.1, -0.05) is 6.07 Å². The smallest absolute Gasteiger partial charge is 0.161 e. The van der Waals surface area contributed by atoms with Gasteiger partial charge in [0.2, 0.25) is 0 Å². The van der Waals surface area contributed by atoms with Crippen LogP contribution in [0.1, 0.15) is 32.4 Å². The highest BCUT2D eigenvalue weighted by atomic mass is 32.2. The van der Waals surface area contributed by atoms with Crippen LogP contribution < -0.4 is 15.2 Å². The predicted molar refractivity (Wildman–Crippen MR) is 80.0 cm³/mol. The second-order valence-electron chi connectivity index (χ2n) is 5.61. The van der Waals surface area contributed by atoms with E-state index in [1.165, 1.54) is 7.11 Å². The summed E-state index contributed by atoms with van der Waals surface area (Å²) in [5.41, 5.74) is 6.72. The van der Waals surface area contributed by atoms with Gasteiger partial charge in [-0.05, 0) is 38.5 Å². The van der Waals surface area contributed by atoms with Crippen LogP contribution in [0.4, 0.5) is 0 Å². The van der Waals surface area contributed by atoms with Gasteiger partial charge in [-0.2, -0.15) is 0 Å². The molecular weight excluding hydrogens is 278 g/mol. The summed E-state index contributed by atoms with van der Waals surface area (Å²) in [6.45, 7) is 5.01. The maximum Gasteiger partial charge on any atom is 0.161 e. The first-order chi connectivity index (χ1) is 9.12. The minimum Gasteiger partial charge on any atom is -0.493 e. The summed E-state index contributed by atoms with van der Waals surface area (Å²) >= 11 is 0. The van der Waals surface area contributed by atoms with E-state index in [2.05, 4.69) is 0 Å². The zero-order valence-corrected chi connectivity index (χ0v) is 13.5. The third kappa shape index (κ3) is 3.64. The van der Waals surface area contributed by atoms with Crippen molar-refractivity contribution in [2.24, 2.45) is 5.73 Å². The molecule has 0 fully saturated rings. The standard InChI is InChI=1S/C14H23NO4S/c1-14(2,3)20(16,17)9-11(15)10-6-7-12(18-4)13(8-10)19-5/h6-8,11H,9,15H2,1-5H3. The van der Waals surface area contributed by atoms with Crippen LogP contribution in [0.3, 0.4) is 0 Å². The molecule has 0 saturated heterocycles. The number of hydrogen-bond acceptors (Lipinski definition) is 5. The zero-order chi connectivity index (χ0) is 15.6. The first-order valence-corrected chi connectivity index (χ1v) is 7.97. The second kappa shape index (κ2) is 6.01. The Balaban J connectivity index is 3.02. The Morgan fingerprint density at radius 1 is 1.15 bits per heavy atom. The normalized spacial score (nSPS) is 13.9. The maximum atomic E-state index is 12.2. The van der Waals surface area contributed by atoms with E-state index in [1.54, 1.807) is 46.1 Å². The Labute approximate surface area is 121 Å². The quantitative estimate of drug-likeness (QED) is 0.899. The number of nitrogens with two attached hydrogens (primary N) is 1. The molecule has 114 valence electrons. The zero-order valence-electron chi connectivity index (χ0n) is 12.6. The summed E-state index contributed by atoms with van der Waals surface area (Å²) in [7, 11) is -0.207. The number of sulfone groups is 1. The van der Waals surface area contributed by atoms with Gasteiger partial charge in [-0.3, -0.25) is 0 Å². The molecule has 6 heteroatoms. The van der Waals surface area contributed by atoms with E-state index >= 15 is 0 Å². The van der Waals surface area contributed by atoms with Crippen LogP contribution in [-0.4, -0.2) is 33.1 Å². The summed E-state index contributed by atoms with van der Waals surface area (Å²) in [4.78, 5) is 0. The van der Waals surface area contributed by atoms with Crippen LogP contribution in [0, 0.1) is 0 Å². The molecule has 1 aromatic rings. The Hall–Kier alpha value is -1.27. The molecule has 2 N–H and O–H groups in total. The van der Waals surface area contributed by atoms with Crippen molar-refractivity contribution in [1.29, 1.82) is 0 Å². The molecule has 0 bridgehead atoms. The average Bonchev–Trinajstić information content (AvgIpc) is 2.35. The van der Waals surface area contributed by atoms with Crippen LogP contribution in [-0.2, 0) is 9.84 Å². The molecule has 1 rings (SSSR count). The molecule has 0 aliphatic rings. The second-order valence-corrected chi connectivity index (χ2v) is 8.40. The molecular formula is C14H23NO4S. The lowest BCUT2D eigenvalue weighted by Gasteiger charge is -2.22. The Kier molecular flexibility index (Phi) is 5.05. The average molecular weight is 301 g/mol. The molecule has 1 unspecified atom stereocenters. The van der Waals surface area contributed by atoms with Crippen LogP contribution in [0.25, 0.3) is 0 Å². The fourth-order valence-corrected chi connectivity index (χ4v) is 2.83. The first kappa shape index (κ1) is 16.8. The van der Waals surface area contributed by atoms with Crippen molar-refractivity contribution in [2.45, 2.75) is 31.6 Å². The van der Waals surface area contributed by atoms with Gasteiger partial charge >= 0.3 is 0 Å². The highest BCUT2D eigenvalue weighted by Crippen LogP contribution is 2.30. The number of rotatable bonds is 5. The van der Waals surface area contributed by atoms with Crippen molar-refractivity contribution >= 4 is 9.84 Å². The van der Waals surface area contributed by atoms with Crippen LogP contribution in [0.15, 0.2) is 18.2 Å². The maximum absolute atomic E-state index is 12.2. The first-order valence-electron chi connectivity index (χ1n) is 6.32. The summed E-state index contributed by atoms with van der Waals surface area (Å²) in [5, 5.41) is 0. The van der Waals surface area contributed by atoms with E-state index in [1.807, 2.05) is 0 Å². The third-order valence-electron chi connectivity index (χ3n) is 3.17. The molecule has 0 aliphatic heterocycles. The number of benzene rings is 1. The van der Waals surface area contributed by atoms with Gasteiger partial charge in [0.1, 0.15) is 0 Å². The SMILES string of the molecule is COc1ccc(C(N)CS(=O)(=O)C(C)(C)C)cc1OC. The van der Waals surface area contributed by atoms with Crippen molar-refractivity contribution in [3.05, 3.63) is 23.8 Å². The molecule has 5 nitrogen and oxygen atoms in total. The third-order valence-corrected chi connectivity index (χ3v) is 5.83. The van der Waals surface area contributed by atoms with Crippen LogP contribution in [0.2, 0.25) is 0 Å². The van der Waals surface area contributed by atoms with Gasteiger partial charge in [0.25, 0.3) is 0 Å². The fourth-order valence-electron chi connectivity index (χ4n) is 1.67. The Morgan fingerprint density at radius 3 is 2.15 bits per heavy atom. The van der Waals surface area contributed by atoms with Crippen molar-refractivity contribution in [3.63, 3.8) is 0 Å². The van der Waals surface area contributed by atoms with Gasteiger partial charge in [0.15, 0.2) is 21.3 Å². The van der Waals surface area contributed by atoms with E-state index < -0.39 is 20.6 Å². The predicted octanol–water partition coefficient (Wildman–Crippen LogP) is 1.92. The largest absolute Gasteiger partial charge is 0.493 e. The molecule has 0 saturated carbocycles. The highest BCUT2D eigenvalue weighted by molar-refractivity contribution is 7.92. The van der Waals surface area contributed by atoms with E-state index in [0.29, 0.717) is 17.1 Å². The van der Waals surface area contributed by atoms with Crippen molar-refractivity contribution in [2.75, 3.05) is 20.0 Å². The van der Waals surface area contributed by atoms with E-state index in [-0.39, 0.29) is 5.75 Å². The molecule has 0 aliphatic carbocycles. The fraction of sp³-hybridized carbons (Fsp3) is 0.571. The lowest BCUT2D eigenvalue weighted by Crippen LogP contribution is -2.34. The van der Waals surface area contributed by atoms with Gasteiger partial charge in [-0.25, -0.2) is 8.42 Å². The minimum atomic E-state index is -3.28. The molecule has 0 aromatic heterocycles. The van der Waals surface area contributed by atoms with Gasteiger partial charge in [0.05, 0.1) is 24.7 Å². The van der Waals surface area contributed by atoms with Crippen LogP contribution in [0.5, 0.6) is 11.5 Å². The van der Waals surface area contributed by atoms with E-state index in [9.17, 15) is 8.42 Å². The van der Waals surface area contributed by atoms with E-state index in [0.717, 1.165) is 0 Å². The van der Waals surface area contributed by atoms with Crippen molar-refractivity contribution in [3.8, 4) is 11.5 Å². The van der Waals surface area contributed by atoms with Crippen molar-refractivity contribution < 1.29 is 17.9 Å². The summed E-state index contributed by atoms with van der Waals surface area (Å²) in [6, 6.07) is 4.59. The Morgan fingerprint density at radius 2 is 1.70 bits per heavy atom. The minimum absolute atomic E-state index is 0.105. The Bertz CT molecular complexity index is 561. The molecule has 1 atom stereocenters. The van der Waals surface area contributed by atoms with Crippen LogP contribution >= 0.6 is 0 Å². The monoisotopic (exact) mass is 301 g/mol. The summed E-state index contributed by atoms with van der Waals surface area (Å²) in [6.07, 6.45) is 0. The summed E-state index contributed by atoms with van der Waals surface area (Å²) in [5.74, 6) is 1.02. The molecule has 1 aromatic carbocycles. The molecule has 20 heavy (non-hydrogen) atoms. The highest BCUT2D eigenvalue weighted by Gasteiger charge is 2.31. The van der Waals surface area contributed by atoms with Gasteiger partial charge in [-0.15, -0.1) is 0 Å². The summed E-state index contributed by atoms with van der Waals surface area (Å²) < 4.78 is 33.9. The lowest BCUT2D eigenvalue weighted by molar-refractivity contribution is 0.354. The molecule has 0 radical (unpaired) electrons. The van der Waals surface area contributed by atoms with Gasteiger partial charge in [0, 0.05) is 6.04 Å². The van der Waals surface area contributed by atoms with E-state index in [4.69, 9.17) is 15.2 Å². The van der Waals surface area contributed by atoms with Gasteiger partial charge < -0.3 is 15.2 Å². The van der Waals surface area contributed by atoms with Crippen molar-refractivity contribution in [1.82, 2.24) is 0 Å². The number of methoxy groups -OCH3 is 2. The topological polar surface area (TPSA) is 78.6 Å². The molecule has 0 spiro atoms. The number of hydrogen-bond donors (Lipinski definition) is 1.